The molecule has 1 saturated heterocycles. The molecule has 0 aromatic heterocycles. The highest BCUT2D eigenvalue weighted by molar-refractivity contribution is 5.32. The molecule has 190 valence electrons. The number of halogens is 2. The van der Waals surface area contributed by atoms with E-state index < -0.39 is 17.9 Å². The van der Waals surface area contributed by atoms with Gasteiger partial charge in [0.25, 0.3) is 0 Å². The average molecular weight is 477 g/mol. The van der Waals surface area contributed by atoms with Gasteiger partial charge >= 0.3 is 0 Å². The summed E-state index contributed by atoms with van der Waals surface area (Å²) < 4.78 is 46.3. The molecule has 3 nitrogen and oxygen atoms in total. The Balaban J connectivity index is 1.23. The van der Waals surface area contributed by atoms with Gasteiger partial charge in [-0.05, 0) is 101 Å². The maximum Gasteiger partial charge on any atom is 0.201 e. The van der Waals surface area contributed by atoms with Gasteiger partial charge in [-0.2, -0.15) is 4.39 Å². The van der Waals surface area contributed by atoms with Crippen molar-refractivity contribution in [2.75, 3.05) is 19.8 Å². The van der Waals surface area contributed by atoms with Crippen LogP contribution in [0.1, 0.15) is 89.9 Å². The summed E-state index contributed by atoms with van der Waals surface area (Å²) in [5.41, 5.74) is 0.121. The van der Waals surface area contributed by atoms with Crippen molar-refractivity contribution in [2.24, 2.45) is 29.6 Å². The van der Waals surface area contributed by atoms with Gasteiger partial charge in [-0.1, -0.05) is 25.5 Å². The molecule has 2 aliphatic carbocycles. The first kappa shape index (κ1) is 25.6. The zero-order valence-corrected chi connectivity index (χ0v) is 20.9. The smallest absolute Gasteiger partial charge is 0.201 e. The minimum absolute atomic E-state index is 0.0459. The number of allylic oxidation sites excluding steroid dienone is 2. The van der Waals surface area contributed by atoms with E-state index >= 15 is 0 Å². The third-order valence-electron chi connectivity index (χ3n) is 8.44. The highest BCUT2D eigenvalue weighted by Crippen LogP contribution is 2.44. The van der Waals surface area contributed by atoms with Crippen molar-refractivity contribution in [1.82, 2.24) is 0 Å². The molecule has 5 heteroatoms. The first-order valence-electron chi connectivity index (χ1n) is 13.6. The number of unbranched alkanes of at least 4 members (excludes halogenated alkanes) is 1. The zero-order valence-electron chi connectivity index (χ0n) is 20.9. The molecule has 1 aromatic carbocycles. The fourth-order valence-corrected chi connectivity index (χ4v) is 6.31. The summed E-state index contributed by atoms with van der Waals surface area (Å²) in [5.74, 6) is 1.58. The number of ether oxygens (including phenoxy) is 3. The van der Waals surface area contributed by atoms with E-state index in [9.17, 15) is 8.78 Å². The quantitative estimate of drug-likeness (QED) is 0.281. The standard InChI is InChI=1S/C29H42F2O3/c1-3-5-17-32-26-16-15-25(27(30)28(26)31)29-33-18-24(19-34-29)23-13-11-22(12-14-23)21-9-7-20(6-4-2)8-10-21/h4,6,15-16,20-24,29H,3,5,7-14,17-19H2,1-2H3. The van der Waals surface area contributed by atoms with Crippen LogP contribution in [0.15, 0.2) is 24.3 Å². The summed E-state index contributed by atoms with van der Waals surface area (Å²) in [4.78, 5) is 0. The van der Waals surface area contributed by atoms with Crippen LogP contribution in [0, 0.1) is 41.2 Å². The average Bonchev–Trinajstić information content (AvgIpc) is 2.88. The van der Waals surface area contributed by atoms with Crippen LogP contribution in [0.5, 0.6) is 5.75 Å². The number of hydrogen-bond donors (Lipinski definition) is 0. The van der Waals surface area contributed by atoms with Crippen LogP contribution in [0.4, 0.5) is 8.78 Å². The Labute approximate surface area is 204 Å². The lowest BCUT2D eigenvalue weighted by Gasteiger charge is -2.41. The van der Waals surface area contributed by atoms with Crippen LogP contribution in [0.25, 0.3) is 0 Å². The Kier molecular flexibility index (Phi) is 9.41. The van der Waals surface area contributed by atoms with Crippen LogP contribution >= 0.6 is 0 Å². The molecule has 3 fully saturated rings. The molecule has 34 heavy (non-hydrogen) atoms. The van der Waals surface area contributed by atoms with Gasteiger partial charge in [0, 0.05) is 11.5 Å². The van der Waals surface area contributed by atoms with Crippen molar-refractivity contribution < 1.29 is 23.0 Å². The molecule has 2 saturated carbocycles. The maximum atomic E-state index is 14.7. The van der Waals surface area contributed by atoms with Crippen LogP contribution in [0.2, 0.25) is 0 Å². The monoisotopic (exact) mass is 476 g/mol. The molecule has 3 aliphatic rings. The number of benzene rings is 1. The molecular weight excluding hydrogens is 434 g/mol. The second kappa shape index (κ2) is 12.5. The second-order valence-corrected chi connectivity index (χ2v) is 10.6. The van der Waals surface area contributed by atoms with Crippen molar-refractivity contribution in [3.63, 3.8) is 0 Å². The van der Waals surface area contributed by atoms with E-state index in [-0.39, 0.29) is 11.3 Å². The van der Waals surface area contributed by atoms with E-state index in [4.69, 9.17) is 14.2 Å². The molecule has 0 unspecified atom stereocenters. The van der Waals surface area contributed by atoms with E-state index in [0.717, 1.165) is 30.6 Å². The predicted molar refractivity (Wildman–Crippen MR) is 131 cm³/mol. The van der Waals surface area contributed by atoms with Gasteiger partial charge in [0.2, 0.25) is 5.82 Å². The fraction of sp³-hybridized carbons (Fsp3) is 0.724. The third kappa shape index (κ3) is 6.20. The minimum atomic E-state index is -0.957. The largest absolute Gasteiger partial charge is 0.490 e. The molecule has 0 bridgehead atoms. The Hall–Kier alpha value is -1.46. The van der Waals surface area contributed by atoms with Crippen molar-refractivity contribution in [1.29, 1.82) is 0 Å². The van der Waals surface area contributed by atoms with Crippen LogP contribution in [0.3, 0.4) is 0 Å². The van der Waals surface area contributed by atoms with Gasteiger partial charge < -0.3 is 14.2 Å². The Morgan fingerprint density at radius 3 is 2.03 bits per heavy atom. The fourth-order valence-electron chi connectivity index (χ4n) is 6.31. The summed E-state index contributed by atoms with van der Waals surface area (Å²) in [5, 5.41) is 0. The topological polar surface area (TPSA) is 27.7 Å². The summed E-state index contributed by atoms with van der Waals surface area (Å²) in [6, 6.07) is 3.01. The van der Waals surface area contributed by atoms with Crippen molar-refractivity contribution in [2.45, 2.75) is 84.3 Å². The minimum Gasteiger partial charge on any atom is -0.490 e. The normalized spacial score (nSPS) is 32.7. The van der Waals surface area contributed by atoms with E-state index in [1.54, 1.807) is 0 Å². The van der Waals surface area contributed by atoms with E-state index in [1.807, 2.05) is 6.92 Å². The van der Waals surface area contributed by atoms with Crippen molar-refractivity contribution >= 4 is 0 Å². The highest BCUT2D eigenvalue weighted by atomic mass is 19.2. The highest BCUT2D eigenvalue weighted by Gasteiger charge is 2.36. The number of hydrogen-bond acceptors (Lipinski definition) is 3. The van der Waals surface area contributed by atoms with Crippen LogP contribution < -0.4 is 4.74 Å². The lowest BCUT2D eigenvalue weighted by atomic mass is 9.67. The Morgan fingerprint density at radius 2 is 1.44 bits per heavy atom. The summed E-state index contributed by atoms with van der Waals surface area (Å²) in [7, 11) is 0. The first-order valence-corrected chi connectivity index (χ1v) is 13.6. The van der Waals surface area contributed by atoms with Gasteiger partial charge in [0.15, 0.2) is 17.9 Å². The summed E-state index contributed by atoms with van der Waals surface area (Å²) in [6.45, 7) is 5.62. The lowest BCUT2D eigenvalue weighted by Crippen LogP contribution is -2.35. The van der Waals surface area contributed by atoms with E-state index in [2.05, 4.69) is 19.1 Å². The summed E-state index contributed by atoms with van der Waals surface area (Å²) in [6.07, 6.45) is 16.0. The summed E-state index contributed by atoms with van der Waals surface area (Å²) >= 11 is 0. The molecule has 1 aromatic rings. The Bertz CT molecular complexity index is 787. The van der Waals surface area contributed by atoms with E-state index in [1.165, 1.54) is 63.5 Å². The van der Waals surface area contributed by atoms with Gasteiger partial charge in [0.05, 0.1) is 19.8 Å². The molecule has 0 atom stereocenters. The lowest BCUT2D eigenvalue weighted by molar-refractivity contribution is -0.216. The molecule has 0 N–H and O–H groups in total. The van der Waals surface area contributed by atoms with Gasteiger partial charge in [-0.25, -0.2) is 4.39 Å². The number of rotatable bonds is 8. The predicted octanol–water partition coefficient (Wildman–Crippen LogP) is 7.99. The van der Waals surface area contributed by atoms with Crippen molar-refractivity contribution in [3.05, 3.63) is 41.5 Å². The third-order valence-corrected chi connectivity index (χ3v) is 8.44. The van der Waals surface area contributed by atoms with Crippen molar-refractivity contribution in [3.8, 4) is 5.75 Å². The second-order valence-electron chi connectivity index (χ2n) is 10.6. The molecule has 1 aliphatic heterocycles. The SMILES string of the molecule is CC=CC1CCC(C2CCC(C3COC(c4ccc(OCCCC)c(F)c4F)OC3)CC2)CC1. The molecule has 4 rings (SSSR count). The van der Waals surface area contributed by atoms with Crippen LogP contribution in [-0.2, 0) is 9.47 Å². The molecular formula is C29H42F2O3. The van der Waals surface area contributed by atoms with E-state index in [0.29, 0.717) is 31.7 Å². The molecule has 0 amide bonds. The van der Waals surface area contributed by atoms with Gasteiger partial charge in [-0.15, -0.1) is 0 Å². The molecule has 1 heterocycles. The van der Waals surface area contributed by atoms with Crippen LogP contribution in [-0.4, -0.2) is 19.8 Å². The maximum absolute atomic E-state index is 14.7. The van der Waals surface area contributed by atoms with Gasteiger partial charge in [0.1, 0.15) is 0 Å². The first-order chi connectivity index (χ1) is 16.6. The van der Waals surface area contributed by atoms with Gasteiger partial charge in [-0.3, -0.25) is 0 Å². The zero-order chi connectivity index (χ0) is 23.9. The molecule has 0 radical (unpaired) electrons. The Morgan fingerprint density at radius 1 is 0.853 bits per heavy atom. The molecule has 0 spiro atoms.